The van der Waals surface area contributed by atoms with Gasteiger partial charge in [-0.2, -0.15) is 0 Å². The molecule has 2 nitrogen and oxygen atoms in total. The van der Waals surface area contributed by atoms with Crippen LogP contribution in [0.2, 0.25) is 0 Å². The zero-order valence-corrected chi connectivity index (χ0v) is 7.56. The molecule has 1 unspecified atom stereocenters. The highest BCUT2D eigenvalue weighted by Crippen LogP contribution is 1.92. The zero-order chi connectivity index (χ0) is 8.69. The van der Waals surface area contributed by atoms with Crippen LogP contribution in [0.5, 0.6) is 0 Å². The van der Waals surface area contributed by atoms with Crippen molar-refractivity contribution in [3.63, 3.8) is 0 Å². The summed E-state index contributed by atoms with van der Waals surface area (Å²) >= 11 is 0. The highest BCUT2D eigenvalue weighted by molar-refractivity contribution is 8.03. The minimum Gasteiger partial charge on any atom is -0.760 e. The van der Waals surface area contributed by atoms with Crippen molar-refractivity contribution in [1.82, 2.24) is 0 Å². The molecule has 0 bridgehead atoms. The van der Waals surface area contributed by atoms with Gasteiger partial charge in [0.2, 0.25) is 0 Å². The number of aryl methyl sites for hydroxylation is 1. The molecule has 11 heavy (non-hydrogen) atoms. The number of hydrogen-bond acceptors (Lipinski definition) is 2. The van der Waals surface area contributed by atoms with Crippen LogP contribution in [0.3, 0.4) is 0 Å². The van der Waals surface area contributed by atoms with Crippen molar-refractivity contribution in [2.24, 2.45) is 0 Å². The molecule has 1 atom stereocenters. The molecule has 0 saturated heterocycles. The van der Waals surface area contributed by atoms with Crippen LogP contribution >= 0.6 is 10.7 Å². The van der Waals surface area contributed by atoms with Gasteiger partial charge in [-0.3, -0.25) is 4.21 Å². The maximum absolute atomic E-state index is 8.77. The third-order valence-corrected chi connectivity index (χ3v) is 0.940. The van der Waals surface area contributed by atoms with Gasteiger partial charge in [0.15, 0.2) is 0 Å². The largest absolute Gasteiger partial charge is 0.760 e. The summed E-state index contributed by atoms with van der Waals surface area (Å²) in [6, 6.07) is 10.3. The molecule has 0 aliphatic carbocycles. The van der Waals surface area contributed by atoms with Gasteiger partial charge in [0.05, 0.1) is 0 Å². The van der Waals surface area contributed by atoms with Crippen molar-refractivity contribution in [1.29, 1.82) is 0 Å². The van der Waals surface area contributed by atoms with Crippen molar-refractivity contribution < 1.29 is 8.76 Å². The highest BCUT2D eigenvalue weighted by atomic mass is 35.7. The van der Waals surface area contributed by atoms with Crippen molar-refractivity contribution in [2.75, 3.05) is 0 Å². The lowest BCUT2D eigenvalue weighted by atomic mass is 10.2. The third-order valence-electron chi connectivity index (χ3n) is 0.940. The minimum absolute atomic E-state index is 1.32. The molecule has 4 heteroatoms. The normalized spacial score (nSPS) is 11.2. The van der Waals surface area contributed by atoms with Crippen molar-refractivity contribution in [2.45, 2.75) is 6.92 Å². The van der Waals surface area contributed by atoms with Gasteiger partial charge in [-0.25, -0.2) is 0 Å². The van der Waals surface area contributed by atoms with E-state index in [2.05, 4.69) is 29.7 Å². The van der Waals surface area contributed by atoms with Crippen LogP contribution in [0.4, 0.5) is 0 Å². The molecule has 0 amide bonds. The number of rotatable bonds is 0. The average Bonchev–Trinajstić information content (AvgIpc) is 1.87. The van der Waals surface area contributed by atoms with Gasteiger partial charge >= 0.3 is 0 Å². The van der Waals surface area contributed by atoms with Crippen molar-refractivity contribution in [3.05, 3.63) is 35.9 Å². The summed E-state index contributed by atoms with van der Waals surface area (Å²) in [6.07, 6.45) is 0. The van der Waals surface area contributed by atoms with E-state index < -0.39 is 10.3 Å². The Hall–Kier alpha value is -0.380. The van der Waals surface area contributed by atoms with Gasteiger partial charge in [0.25, 0.3) is 0 Å². The van der Waals surface area contributed by atoms with E-state index in [1.807, 2.05) is 18.2 Å². The lowest BCUT2D eigenvalue weighted by molar-refractivity contribution is 0.552. The van der Waals surface area contributed by atoms with E-state index in [4.69, 9.17) is 8.76 Å². The highest BCUT2D eigenvalue weighted by Gasteiger charge is 1.72. The Morgan fingerprint density at radius 1 is 1.36 bits per heavy atom. The van der Waals surface area contributed by atoms with Crippen molar-refractivity contribution in [3.8, 4) is 0 Å². The molecule has 0 fully saturated rings. The number of hydrogen-bond donors (Lipinski definition) is 0. The Morgan fingerprint density at radius 2 is 1.73 bits per heavy atom. The molecule has 62 valence electrons. The summed E-state index contributed by atoms with van der Waals surface area (Å²) < 4.78 is 17.5. The maximum atomic E-state index is 8.77. The fraction of sp³-hybridized carbons (Fsp3) is 0.143. The van der Waals surface area contributed by atoms with E-state index in [9.17, 15) is 0 Å². The zero-order valence-electron chi connectivity index (χ0n) is 5.99. The second-order valence-electron chi connectivity index (χ2n) is 1.85. The molecule has 0 aromatic heterocycles. The first-order valence-corrected chi connectivity index (χ1v) is 4.80. The summed E-state index contributed by atoms with van der Waals surface area (Å²) in [7, 11) is 1.80. The van der Waals surface area contributed by atoms with Crippen LogP contribution in [-0.2, 0) is 10.3 Å². The molecule has 0 saturated carbocycles. The van der Waals surface area contributed by atoms with E-state index in [0.29, 0.717) is 0 Å². The van der Waals surface area contributed by atoms with Gasteiger partial charge in [-0.15, -0.1) is 0 Å². The van der Waals surface area contributed by atoms with Crippen molar-refractivity contribution >= 4 is 21.0 Å². The van der Waals surface area contributed by atoms with Gasteiger partial charge < -0.3 is 4.55 Å². The van der Waals surface area contributed by atoms with E-state index in [1.54, 1.807) is 0 Å². The summed E-state index contributed by atoms with van der Waals surface area (Å²) in [6.45, 7) is 2.08. The Labute approximate surface area is 73.0 Å². The fourth-order valence-electron chi connectivity index (χ4n) is 0.534. The molecule has 0 N–H and O–H groups in total. The monoisotopic (exact) mass is 191 g/mol. The third kappa shape index (κ3) is 9.62. The van der Waals surface area contributed by atoms with E-state index >= 15 is 0 Å². The van der Waals surface area contributed by atoms with Crippen LogP contribution in [0, 0.1) is 6.92 Å². The van der Waals surface area contributed by atoms with Gasteiger partial charge in [-0.1, -0.05) is 35.9 Å². The summed E-state index contributed by atoms with van der Waals surface area (Å²) in [5.41, 5.74) is 1.32. The smallest absolute Gasteiger partial charge is 0.0422 e. The number of benzene rings is 1. The molecule has 0 spiro atoms. The molecule has 0 aliphatic rings. The van der Waals surface area contributed by atoms with Gasteiger partial charge in [-0.05, 0) is 17.6 Å². The Morgan fingerprint density at radius 3 is 1.91 bits per heavy atom. The van der Waals surface area contributed by atoms with Crippen LogP contribution < -0.4 is 0 Å². The maximum Gasteiger partial charge on any atom is 0.0422 e. The molecule has 1 rings (SSSR count). The van der Waals surface area contributed by atoms with Crippen LogP contribution in [0.25, 0.3) is 0 Å². The summed E-state index contributed by atoms with van der Waals surface area (Å²) in [4.78, 5) is 0. The first-order chi connectivity index (χ1) is 5.13. The number of halogens is 1. The van der Waals surface area contributed by atoms with E-state index in [-0.39, 0.29) is 0 Å². The Bertz CT molecular complexity index is 209. The molecule has 0 heterocycles. The minimum atomic E-state index is -2.39. The molecule has 0 radical (unpaired) electrons. The molecular formula is C7H8ClO2S-. The van der Waals surface area contributed by atoms with Crippen LogP contribution in [0.1, 0.15) is 5.56 Å². The van der Waals surface area contributed by atoms with Gasteiger partial charge in [0.1, 0.15) is 0 Å². The summed E-state index contributed by atoms with van der Waals surface area (Å²) in [5.74, 6) is 0. The Kier molecular flexibility index (Phi) is 6.12. The SMILES string of the molecule is Cc1ccccc1.O=S([O-])Cl. The molecule has 0 aliphatic heterocycles. The van der Waals surface area contributed by atoms with Crippen LogP contribution in [0.15, 0.2) is 30.3 Å². The molecule has 1 aromatic carbocycles. The predicted molar refractivity (Wildman–Crippen MR) is 46.0 cm³/mol. The molecular weight excluding hydrogens is 184 g/mol. The fourth-order valence-corrected chi connectivity index (χ4v) is 0.534. The Balaban J connectivity index is 0.000000218. The first kappa shape index (κ1) is 10.6. The predicted octanol–water partition coefficient (Wildman–Crippen LogP) is 2.01. The molecule has 1 aromatic rings. The summed E-state index contributed by atoms with van der Waals surface area (Å²) in [5, 5.41) is 0. The lowest BCUT2D eigenvalue weighted by Crippen LogP contribution is -1.62. The van der Waals surface area contributed by atoms with Gasteiger partial charge in [0, 0.05) is 10.3 Å². The quantitative estimate of drug-likeness (QED) is 0.465. The second-order valence-corrected chi connectivity index (χ2v) is 2.99. The first-order valence-electron chi connectivity index (χ1n) is 2.90. The average molecular weight is 192 g/mol. The van der Waals surface area contributed by atoms with E-state index in [1.165, 1.54) is 5.56 Å². The lowest BCUT2D eigenvalue weighted by Gasteiger charge is -1.82. The second kappa shape index (κ2) is 6.34. The topological polar surface area (TPSA) is 40.1 Å². The van der Waals surface area contributed by atoms with Crippen LogP contribution in [-0.4, -0.2) is 8.76 Å². The standard InChI is InChI=1S/C7H8.ClHO2S/c1-7-5-3-2-4-6-7;1-4(2)3/h2-6H,1H3;(H,2,3)/p-1. The van der Waals surface area contributed by atoms with E-state index in [0.717, 1.165) is 0 Å².